The highest BCUT2D eigenvalue weighted by Gasteiger charge is 2.17. The molecular formula is C16H17NO2. The second-order valence-electron chi connectivity index (χ2n) is 4.74. The summed E-state index contributed by atoms with van der Waals surface area (Å²) in [7, 11) is 1.67. The lowest BCUT2D eigenvalue weighted by molar-refractivity contribution is 0.134. The van der Waals surface area contributed by atoms with Crippen molar-refractivity contribution in [3.63, 3.8) is 0 Å². The molecule has 0 saturated heterocycles. The molecule has 1 aliphatic rings. The Hall–Kier alpha value is -1.84. The largest absolute Gasteiger partial charge is 0.496 e. The lowest BCUT2D eigenvalue weighted by Crippen LogP contribution is -2.13. The molecule has 2 aromatic rings. The van der Waals surface area contributed by atoms with Crippen LogP contribution in [-0.4, -0.2) is 7.11 Å². The molecule has 1 aliphatic heterocycles. The predicted octanol–water partition coefficient (Wildman–Crippen LogP) is 2.77. The van der Waals surface area contributed by atoms with Crippen LogP contribution in [0.25, 0.3) is 0 Å². The minimum absolute atomic E-state index is 0.179. The summed E-state index contributed by atoms with van der Waals surface area (Å²) in [6.07, 6.45) is 0. The Morgan fingerprint density at radius 2 is 1.89 bits per heavy atom. The fourth-order valence-electron chi connectivity index (χ4n) is 2.49. The number of para-hydroxylation sites is 1. The van der Waals surface area contributed by atoms with Gasteiger partial charge in [-0.15, -0.1) is 0 Å². The Labute approximate surface area is 113 Å². The van der Waals surface area contributed by atoms with Gasteiger partial charge in [0.05, 0.1) is 26.4 Å². The molecule has 0 saturated carbocycles. The molecule has 19 heavy (non-hydrogen) atoms. The molecule has 1 atom stereocenters. The molecule has 2 N–H and O–H groups in total. The quantitative estimate of drug-likeness (QED) is 0.917. The van der Waals surface area contributed by atoms with Gasteiger partial charge in [-0.2, -0.15) is 0 Å². The number of hydrogen-bond acceptors (Lipinski definition) is 3. The van der Waals surface area contributed by atoms with E-state index in [1.807, 2.05) is 24.3 Å². The second-order valence-corrected chi connectivity index (χ2v) is 4.74. The normalized spacial score (nSPS) is 15.1. The van der Waals surface area contributed by atoms with Crippen LogP contribution in [0.2, 0.25) is 0 Å². The Kier molecular flexibility index (Phi) is 3.23. The van der Waals surface area contributed by atoms with Gasteiger partial charge in [0.25, 0.3) is 0 Å². The third-order valence-electron chi connectivity index (χ3n) is 3.58. The molecule has 98 valence electrons. The first-order valence-corrected chi connectivity index (χ1v) is 6.37. The zero-order valence-electron chi connectivity index (χ0n) is 10.9. The van der Waals surface area contributed by atoms with Gasteiger partial charge in [0.15, 0.2) is 0 Å². The lowest BCUT2D eigenvalue weighted by Gasteiger charge is -2.16. The molecule has 3 nitrogen and oxygen atoms in total. The van der Waals surface area contributed by atoms with Crippen molar-refractivity contribution in [3.05, 3.63) is 64.7 Å². The van der Waals surface area contributed by atoms with Crippen molar-refractivity contribution >= 4 is 0 Å². The maximum Gasteiger partial charge on any atom is 0.123 e. The van der Waals surface area contributed by atoms with E-state index < -0.39 is 0 Å². The SMILES string of the molecule is COc1ccccc1C(N)c1ccc2c(c1)COC2. The lowest BCUT2D eigenvalue weighted by atomic mass is 9.96. The van der Waals surface area contributed by atoms with Crippen molar-refractivity contribution in [3.8, 4) is 5.75 Å². The topological polar surface area (TPSA) is 44.5 Å². The van der Waals surface area contributed by atoms with E-state index in [0.29, 0.717) is 13.2 Å². The van der Waals surface area contributed by atoms with E-state index in [4.69, 9.17) is 15.2 Å². The zero-order valence-corrected chi connectivity index (χ0v) is 10.9. The summed E-state index contributed by atoms with van der Waals surface area (Å²) in [6, 6.07) is 14.0. The van der Waals surface area contributed by atoms with Crippen molar-refractivity contribution in [2.24, 2.45) is 5.73 Å². The van der Waals surface area contributed by atoms with Crippen LogP contribution in [0.1, 0.15) is 28.3 Å². The van der Waals surface area contributed by atoms with Crippen molar-refractivity contribution in [1.29, 1.82) is 0 Å². The zero-order chi connectivity index (χ0) is 13.2. The minimum Gasteiger partial charge on any atom is -0.496 e. The summed E-state index contributed by atoms with van der Waals surface area (Å²) < 4.78 is 10.8. The fraction of sp³-hybridized carbons (Fsp3) is 0.250. The molecular weight excluding hydrogens is 238 g/mol. The van der Waals surface area contributed by atoms with Crippen molar-refractivity contribution in [1.82, 2.24) is 0 Å². The van der Waals surface area contributed by atoms with E-state index in [2.05, 4.69) is 18.2 Å². The second kappa shape index (κ2) is 5.03. The summed E-state index contributed by atoms with van der Waals surface area (Å²) in [5, 5.41) is 0. The van der Waals surface area contributed by atoms with Crippen LogP contribution in [0, 0.1) is 0 Å². The van der Waals surface area contributed by atoms with E-state index in [9.17, 15) is 0 Å². The van der Waals surface area contributed by atoms with Gasteiger partial charge in [-0.05, 0) is 22.8 Å². The maximum absolute atomic E-state index is 6.37. The Bertz CT molecular complexity index is 595. The van der Waals surface area contributed by atoms with Crippen molar-refractivity contribution in [2.75, 3.05) is 7.11 Å². The molecule has 0 aliphatic carbocycles. The third kappa shape index (κ3) is 2.23. The molecule has 0 bridgehead atoms. The number of fused-ring (bicyclic) bond motifs is 1. The highest BCUT2D eigenvalue weighted by molar-refractivity contribution is 5.43. The van der Waals surface area contributed by atoms with Gasteiger partial charge in [-0.25, -0.2) is 0 Å². The van der Waals surface area contributed by atoms with Crippen LogP contribution in [0.5, 0.6) is 5.75 Å². The van der Waals surface area contributed by atoms with Crippen LogP contribution in [-0.2, 0) is 18.0 Å². The minimum atomic E-state index is -0.179. The summed E-state index contributed by atoms with van der Waals surface area (Å²) in [5.41, 5.74) is 11.0. The van der Waals surface area contributed by atoms with Crippen LogP contribution >= 0.6 is 0 Å². The molecule has 1 heterocycles. The van der Waals surface area contributed by atoms with E-state index in [1.54, 1.807) is 7.11 Å². The number of methoxy groups -OCH3 is 1. The van der Waals surface area contributed by atoms with Gasteiger partial charge in [-0.1, -0.05) is 36.4 Å². The standard InChI is InChI=1S/C16H17NO2/c1-18-15-5-3-2-4-14(15)16(17)11-6-7-12-9-19-10-13(12)8-11/h2-8,16H,9-10,17H2,1H3. The molecule has 0 spiro atoms. The number of hydrogen-bond donors (Lipinski definition) is 1. The van der Waals surface area contributed by atoms with Gasteiger partial charge < -0.3 is 15.2 Å². The molecule has 0 amide bonds. The summed E-state index contributed by atoms with van der Waals surface area (Å²) >= 11 is 0. The highest BCUT2D eigenvalue weighted by atomic mass is 16.5. The molecule has 0 fully saturated rings. The molecule has 3 rings (SSSR count). The maximum atomic E-state index is 6.37. The first kappa shape index (κ1) is 12.2. The Morgan fingerprint density at radius 3 is 2.74 bits per heavy atom. The number of nitrogens with two attached hydrogens (primary N) is 1. The molecule has 0 aromatic heterocycles. The summed E-state index contributed by atoms with van der Waals surface area (Å²) in [6.45, 7) is 1.39. The van der Waals surface area contributed by atoms with E-state index in [0.717, 1.165) is 16.9 Å². The van der Waals surface area contributed by atoms with Crippen molar-refractivity contribution < 1.29 is 9.47 Å². The highest BCUT2D eigenvalue weighted by Crippen LogP contribution is 2.30. The Morgan fingerprint density at radius 1 is 1.11 bits per heavy atom. The number of ether oxygens (including phenoxy) is 2. The average molecular weight is 255 g/mol. The van der Waals surface area contributed by atoms with Gasteiger partial charge in [0.2, 0.25) is 0 Å². The molecule has 3 heteroatoms. The fourth-order valence-corrected chi connectivity index (χ4v) is 2.49. The summed E-state index contributed by atoms with van der Waals surface area (Å²) in [5.74, 6) is 0.826. The van der Waals surface area contributed by atoms with Crippen LogP contribution in [0.15, 0.2) is 42.5 Å². The smallest absolute Gasteiger partial charge is 0.123 e. The number of rotatable bonds is 3. The third-order valence-corrected chi connectivity index (χ3v) is 3.58. The van der Waals surface area contributed by atoms with Gasteiger partial charge in [0, 0.05) is 5.56 Å². The van der Waals surface area contributed by atoms with Crippen molar-refractivity contribution in [2.45, 2.75) is 19.3 Å². The van der Waals surface area contributed by atoms with E-state index in [-0.39, 0.29) is 6.04 Å². The first-order valence-electron chi connectivity index (χ1n) is 6.37. The number of benzene rings is 2. The average Bonchev–Trinajstić information content (AvgIpc) is 2.93. The molecule has 2 aromatic carbocycles. The van der Waals surface area contributed by atoms with E-state index in [1.165, 1.54) is 11.1 Å². The first-order chi connectivity index (χ1) is 9.29. The van der Waals surface area contributed by atoms with Gasteiger partial charge in [0.1, 0.15) is 5.75 Å². The Balaban J connectivity index is 1.97. The molecule has 1 unspecified atom stereocenters. The van der Waals surface area contributed by atoms with Crippen LogP contribution in [0.4, 0.5) is 0 Å². The van der Waals surface area contributed by atoms with Gasteiger partial charge >= 0.3 is 0 Å². The van der Waals surface area contributed by atoms with E-state index >= 15 is 0 Å². The van der Waals surface area contributed by atoms with Crippen LogP contribution < -0.4 is 10.5 Å². The monoisotopic (exact) mass is 255 g/mol. The molecule has 0 radical (unpaired) electrons. The van der Waals surface area contributed by atoms with Gasteiger partial charge in [-0.3, -0.25) is 0 Å². The van der Waals surface area contributed by atoms with Crippen LogP contribution in [0.3, 0.4) is 0 Å². The summed E-state index contributed by atoms with van der Waals surface area (Å²) in [4.78, 5) is 0. The predicted molar refractivity (Wildman–Crippen MR) is 74.0 cm³/mol.